The Labute approximate surface area is 206 Å². The zero-order valence-corrected chi connectivity index (χ0v) is 20.3. The summed E-state index contributed by atoms with van der Waals surface area (Å²) < 4.78 is 30.6. The van der Waals surface area contributed by atoms with Crippen molar-refractivity contribution in [1.82, 2.24) is 13.1 Å². The van der Waals surface area contributed by atoms with Gasteiger partial charge in [0.2, 0.25) is 10.0 Å². The minimum atomic E-state index is -4.31. The van der Waals surface area contributed by atoms with Gasteiger partial charge in [-0.2, -0.15) is 0 Å². The smallest absolute Gasteiger partial charge is 0.353 e. The molecule has 1 unspecified atom stereocenters. The number of aliphatic hydroxyl groups is 1. The Bertz CT molecular complexity index is 1810. The van der Waals surface area contributed by atoms with E-state index in [1.165, 1.54) is 13.2 Å². The molecule has 0 saturated heterocycles. The Morgan fingerprint density at radius 3 is 2.42 bits per heavy atom. The topological polar surface area (TPSA) is 124 Å². The zero-order chi connectivity index (χ0) is 25.8. The molecular formula is C26H23N3O6S. The van der Waals surface area contributed by atoms with E-state index in [1.807, 2.05) is 29.9 Å². The highest BCUT2D eigenvalue weighted by molar-refractivity contribution is 7.89. The van der Waals surface area contributed by atoms with Crippen LogP contribution >= 0.6 is 0 Å². The zero-order valence-electron chi connectivity index (χ0n) is 19.5. The van der Waals surface area contributed by atoms with Crippen LogP contribution in [0.15, 0.2) is 77.9 Å². The van der Waals surface area contributed by atoms with Crippen LogP contribution in [-0.2, 0) is 29.9 Å². The van der Waals surface area contributed by atoms with Gasteiger partial charge in [0.25, 0.3) is 5.56 Å². The molecular weight excluding hydrogens is 482 g/mol. The van der Waals surface area contributed by atoms with Gasteiger partial charge in [-0.1, -0.05) is 36.4 Å². The van der Waals surface area contributed by atoms with Crippen molar-refractivity contribution in [2.75, 3.05) is 0 Å². The minimum absolute atomic E-state index is 0.0628. The second-order valence-electron chi connectivity index (χ2n) is 8.75. The molecule has 1 atom stereocenters. The number of pyridine rings is 1. The summed E-state index contributed by atoms with van der Waals surface area (Å²) in [6.45, 7) is 0. The molecule has 2 N–H and O–H groups in total. The lowest BCUT2D eigenvalue weighted by Gasteiger charge is -2.15. The quantitative estimate of drug-likeness (QED) is 0.366. The summed E-state index contributed by atoms with van der Waals surface area (Å²) >= 11 is 0. The lowest BCUT2D eigenvalue weighted by atomic mass is 9.99. The van der Waals surface area contributed by atoms with Crippen LogP contribution in [0.5, 0.6) is 0 Å². The van der Waals surface area contributed by atoms with Crippen LogP contribution in [0.25, 0.3) is 21.8 Å². The van der Waals surface area contributed by atoms with Crippen molar-refractivity contribution in [1.29, 1.82) is 0 Å². The molecule has 0 aliphatic heterocycles. The van der Waals surface area contributed by atoms with Crippen LogP contribution < -0.4 is 5.56 Å². The molecule has 5 aromatic rings. The number of fused-ring (bicyclic) bond motifs is 2. The summed E-state index contributed by atoms with van der Waals surface area (Å²) in [4.78, 5) is 25.3. The minimum Gasteiger partial charge on any atom is -0.477 e. The molecule has 0 bridgehead atoms. The summed E-state index contributed by atoms with van der Waals surface area (Å²) in [6, 6.07) is 16.7. The fraction of sp³-hybridized carbons (Fsp3) is 0.154. The van der Waals surface area contributed by atoms with Gasteiger partial charge in [0, 0.05) is 43.0 Å². The van der Waals surface area contributed by atoms with E-state index in [0.717, 1.165) is 21.5 Å². The van der Waals surface area contributed by atoms with Gasteiger partial charge in [-0.15, -0.1) is 0 Å². The van der Waals surface area contributed by atoms with Crippen LogP contribution in [0, 0.1) is 0 Å². The molecule has 36 heavy (non-hydrogen) atoms. The summed E-state index contributed by atoms with van der Waals surface area (Å²) in [5.74, 6) is -2.01. The fourth-order valence-corrected chi connectivity index (χ4v) is 6.20. The highest BCUT2D eigenvalue weighted by atomic mass is 32.2. The van der Waals surface area contributed by atoms with E-state index in [2.05, 4.69) is 0 Å². The third-order valence-corrected chi connectivity index (χ3v) is 7.97. The number of aryl methyl sites for hydroxylation is 2. The first-order chi connectivity index (χ1) is 17.1. The number of hydrogen-bond donors (Lipinski definition) is 2. The first-order valence-corrected chi connectivity index (χ1v) is 12.7. The molecule has 0 fully saturated rings. The van der Waals surface area contributed by atoms with E-state index in [9.17, 15) is 28.2 Å². The Kier molecular flexibility index (Phi) is 5.57. The number of hydrogen-bond acceptors (Lipinski definition) is 5. The number of carboxylic acids is 1. The Morgan fingerprint density at radius 1 is 1.00 bits per heavy atom. The first kappa shape index (κ1) is 23.6. The van der Waals surface area contributed by atoms with Crippen LogP contribution in [-0.4, -0.2) is 37.7 Å². The second-order valence-corrected chi connectivity index (χ2v) is 10.6. The molecule has 0 spiro atoms. The monoisotopic (exact) mass is 505 g/mol. The van der Waals surface area contributed by atoms with Crippen LogP contribution in [0.2, 0.25) is 0 Å². The average molecular weight is 506 g/mol. The molecule has 0 aliphatic rings. The van der Waals surface area contributed by atoms with Crippen molar-refractivity contribution in [2.45, 2.75) is 11.9 Å². The third-order valence-electron chi connectivity index (χ3n) is 6.33. The van der Waals surface area contributed by atoms with Gasteiger partial charge >= 0.3 is 5.97 Å². The van der Waals surface area contributed by atoms with Gasteiger partial charge < -0.3 is 19.3 Å². The average Bonchev–Trinajstić information content (AvgIpc) is 3.43. The fourth-order valence-electron chi connectivity index (χ4n) is 4.57. The predicted molar refractivity (Wildman–Crippen MR) is 136 cm³/mol. The molecule has 5 rings (SSSR count). The molecule has 0 amide bonds. The molecule has 10 heteroatoms. The molecule has 9 nitrogen and oxygen atoms in total. The largest absolute Gasteiger partial charge is 0.477 e. The van der Waals surface area contributed by atoms with Gasteiger partial charge in [0.05, 0.1) is 5.75 Å². The molecule has 3 aromatic heterocycles. The number of aromatic carboxylic acids is 1. The van der Waals surface area contributed by atoms with E-state index in [4.69, 9.17) is 0 Å². The number of benzene rings is 2. The van der Waals surface area contributed by atoms with Gasteiger partial charge in [0.15, 0.2) is 0 Å². The van der Waals surface area contributed by atoms with Crippen molar-refractivity contribution in [3.05, 3.63) is 106 Å². The molecule has 2 aromatic carbocycles. The van der Waals surface area contributed by atoms with Crippen molar-refractivity contribution < 1.29 is 23.4 Å². The van der Waals surface area contributed by atoms with Crippen LogP contribution in [0.3, 0.4) is 0 Å². The number of aliphatic hydroxyl groups excluding tert-OH is 1. The predicted octanol–water partition coefficient (Wildman–Crippen LogP) is 2.99. The van der Waals surface area contributed by atoms with E-state index in [-0.39, 0.29) is 16.5 Å². The molecule has 0 aliphatic carbocycles. The standard InChI is InChI=1S/C26H23N3O6S/c1-27-11-10-17-12-18(8-9-21(17)27)24(30)20-14-28(2)25(31)23-19(20)13-22(26(32)33)29(23)36(34,35)15-16-6-4-3-5-7-16/h3-14,24,30H,15H2,1-2H3,(H,32,33). The van der Waals surface area contributed by atoms with E-state index in [1.54, 1.807) is 42.5 Å². The summed E-state index contributed by atoms with van der Waals surface area (Å²) in [5.41, 5.74) is 0.565. The molecule has 0 saturated carbocycles. The third kappa shape index (κ3) is 3.80. The Hall–Kier alpha value is -4.15. The van der Waals surface area contributed by atoms with Gasteiger partial charge in [-0.3, -0.25) is 4.79 Å². The van der Waals surface area contributed by atoms with Crippen LogP contribution in [0.1, 0.15) is 33.3 Å². The van der Waals surface area contributed by atoms with E-state index in [0.29, 0.717) is 15.1 Å². The summed E-state index contributed by atoms with van der Waals surface area (Å²) in [5, 5.41) is 22.1. The molecule has 0 radical (unpaired) electrons. The second kappa shape index (κ2) is 8.51. The first-order valence-electron chi connectivity index (χ1n) is 11.1. The normalized spacial score (nSPS) is 12.9. The van der Waals surface area contributed by atoms with Crippen molar-refractivity contribution in [2.24, 2.45) is 14.1 Å². The van der Waals surface area contributed by atoms with Crippen molar-refractivity contribution in [3.8, 4) is 0 Å². The SMILES string of the molecule is Cn1cc(C(O)c2ccc3c(ccn3C)c2)c2cc(C(=O)O)n(S(=O)(=O)Cc3ccccc3)c2c1=O. The number of carbonyl (C=O) groups is 1. The molecule has 184 valence electrons. The Balaban J connectivity index is 1.75. The highest BCUT2D eigenvalue weighted by Crippen LogP contribution is 2.32. The maximum Gasteiger partial charge on any atom is 0.353 e. The maximum atomic E-state index is 13.5. The molecule has 3 heterocycles. The van der Waals surface area contributed by atoms with Gasteiger partial charge in [-0.05, 0) is 40.8 Å². The lowest BCUT2D eigenvalue weighted by molar-refractivity contribution is 0.0689. The van der Waals surface area contributed by atoms with Gasteiger partial charge in [0.1, 0.15) is 17.3 Å². The van der Waals surface area contributed by atoms with E-state index < -0.39 is 39.1 Å². The highest BCUT2D eigenvalue weighted by Gasteiger charge is 2.30. The van der Waals surface area contributed by atoms with Gasteiger partial charge in [-0.25, -0.2) is 17.2 Å². The van der Waals surface area contributed by atoms with E-state index >= 15 is 0 Å². The lowest BCUT2D eigenvalue weighted by Crippen LogP contribution is -2.26. The summed E-state index contributed by atoms with van der Waals surface area (Å²) in [7, 11) is -0.972. The number of aromatic nitrogens is 3. The number of rotatable bonds is 6. The number of nitrogens with zero attached hydrogens (tertiary/aromatic N) is 3. The van der Waals surface area contributed by atoms with Crippen LogP contribution in [0.4, 0.5) is 0 Å². The number of carboxylic acid groups (broad SMARTS) is 1. The van der Waals surface area contributed by atoms with Crippen molar-refractivity contribution >= 4 is 37.8 Å². The Morgan fingerprint density at radius 2 is 1.72 bits per heavy atom. The van der Waals surface area contributed by atoms with Crippen molar-refractivity contribution in [3.63, 3.8) is 0 Å². The summed E-state index contributed by atoms with van der Waals surface area (Å²) in [6.07, 6.45) is 2.06. The maximum absolute atomic E-state index is 13.5.